The van der Waals surface area contributed by atoms with E-state index in [9.17, 15) is 4.79 Å². The molecule has 98 valence electrons. The fraction of sp³-hybridized carbons (Fsp3) is 0.188. The van der Waals surface area contributed by atoms with Gasteiger partial charge in [0.25, 0.3) is 5.91 Å². The molecule has 0 heterocycles. The normalized spacial score (nSPS) is 11.9. The van der Waals surface area contributed by atoms with Gasteiger partial charge < -0.3 is 10.4 Å². The number of carbonyl (C=O) groups excluding carboxylic acids is 1. The maximum Gasteiger partial charge on any atom is 0.251 e. The molecule has 0 radical (unpaired) electrons. The lowest BCUT2D eigenvalue weighted by Crippen LogP contribution is -2.30. The molecule has 1 amide bonds. The fourth-order valence-corrected chi connectivity index (χ4v) is 1.79. The van der Waals surface area contributed by atoms with E-state index in [0.717, 1.165) is 11.1 Å². The lowest BCUT2D eigenvalue weighted by Gasteiger charge is -2.08. The number of rotatable bonds is 4. The van der Waals surface area contributed by atoms with E-state index in [4.69, 9.17) is 5.11 Å². The second kappa shape index (κ2) is 6.16. The number of aliphatic hydroxyl groups is 1. The Balaban J connectivity index is 2.08. The van der Waals surface area contributed by atoms with Crippen molar-refractivity contribution in [3.63, 3.8) is 0 Å². The first-order valence-corrected chi connectivity index (χ1v) is 6.28. The van der Waals surface area contributed by atoms with Gasteiger partial charge in [0.1, 0.15) is 0 Å². The molecule has 0 spiro atoms. The molecule has 0 fully saturated rings. The van der Waals surface area contributed by atoms with Gasteiger partial charge in [-0.1, -0.05) is 42.5 Å². The topological polar surface area (TPSA) is 49.3 Å². The molecule has 0 saturated carbocycles. The number of aliphatic hydroxyl groups excluding tert-OH is 1. The molecule has 2 rings (SSSR count). The van der Waals surface area contributed by atoms with Crippen LogP contribution in [-0.4, -0.2) is 23.7 Å². The van der Waals surface area contributed by atoms with Gasteiger partial charge in [-0.15, -0.1) is 0 Å². The third kappa shape index (κ3) is 3.66. The third-order valence-corrected chi connectivity index (χ3v) is 2.81. The standard InChI is InChI=1S/C16H17NO2/c1-12(18)11-17-16(19)15-9-7-14(8-10-15)13-5-3-2-4-6-13/h2-10,12,18H,11H2,1H3,(H,17,19). The Kier molecular flexibility index (Phi) is 4.31. The van der Waals surface area contributed by atoms with Gasteiger partial charge in [0.2, 0.25) is 0 Å². The van der Waals surface area contributed by atoms with E-state index in [1.165, 1.54) is 0 Å². The number of hydrogen-bond donors (Lipinski definition) is 2. The van der Waals surface area contributed by atoms with E-state index in [1.807, 2.05) is 42.5 Å². The molecule has 1 atom stereocenters. The minimum Gasteiger partial charge on any atom is -0.392 e. The summed E-state index contributed by atoms with van der Waals surface area (Å²) < 4.78 is 0. The smallest absolute Gasteiger partial charge is 0.251 e. The van der Waals surface area contributed by atoms with E-state index in [2.05, 4.69) is 5.32 Å². The zero-order valence-electron chi connectivity index (χ0n) is 10.8. The quantitative estimate of drug-likeness (QED) is 0.881. The van der Waals surface area contributed by atoms with Crippen molar-refractivity contribution in [2.24, 2.45) is 0 Å². The molecule has 19 heavy (non-hydrogen) atoms. The maximum absolute atomic E-state index is 11.8. The fourth-order valence-electron chi connectivity index (χ4n) is 1.79. The molecular weight excluding hydrogens is 238 g/mol. The molecule has 0 bridgehead atoms. The molecule has 2 aromatic carbocycles. The summed E-state index contributed by atoms with van der Waals surface area (Å²) in [6.45, 7) is 1.90. The Labute approximate surface area is 112 Å². The highest BCUT2D eigenvalue weighted by molar-refractivity contribution is 5.94. The summed E-state index contributed by atoms with van der Waals surface area (Å²) in [6.07, 6.45) is -0.535. The number of hydrogen-bond acceptors (Lipinski definition) is 2. The Morgan fingerprint density at radius 3 is 2.21 bits per heavy atom. The maximum atomic E-state index is 11.8. The van der Waals surface area contributed by atoms with Crippen molar-refractivity contribution in [1.82, 2.24) is 5.32 Å². The van der Waals surface area contributed by atoms with Crippen molar-refractivity contribution in [2.75, 3.05) is 6.54 Å². The summed E-state index contributed by atoms with van der Waals surface area (Å²) in [6, 6.07) is 17.4. The molecule has 1 unspecified atom stereocenters. The molecule has 0 aliphatic carbocycles. The lowest BCUT2D eigenvalue weighted by molar-refractivity contribution is 0.0924. The monoisotopic (exact) mass is 255 g/mol. The van der Waals surface area contributed by atoms with Crippen LogP contribution in [0.15, 0.2) is 54.6 Å². The predicted molar refractivity (Wildman–Crippen MR) is 75.9 cm³/mol. The Bertz CT molecular complexity index is 532. The van der Waals surface area contributed by atoms with Crippen LogP contribution in [0.3, 0.4) is 0 Å². The third-order valence-electron chi connectivity index (χ3n) is 2.81. The summed E-state index contributed by atoms with van der Waals surface area (Å²) in [5.41, 5.74) is 2.80. The van der Waals surface area contributed by atoms with E-state index in [0.29, 0.717) is 5.56 Å². The van der Waals surface area contributed by atoms with E-state index in [-0.39, 0.29) is 12.5 Å². The minimum atomic E-state index is -0.535. The van der Waals surface area contributed by atoms with E-state index >= 15 is 0 Å². The van der Waals surface area contributed by atoms with Gasteiger partial charge in [-0.25, -0.2) is 0 Å². The first-order chi connectivity index (χ1) is 9.16. The zero-order chi connectivity index (χ0) is 13.7. The van der Waals surface area contributed by atoms with Crippen molar-refractivity contribution in [3.05, 3.63) is 60.2 Å². The van der Waals surface area contributed by atoms with Crippen LogP contribution in [0.1, 0.15) is 17.3 Å². The number of nitrogens with one attached hydrogen (secondary N) is 1. The van der Waals surface area contributed by atoms with Gasteiger partial charge in [0, 0.05) is 12.1 Å². The first kappa shape index (κ1) is 13.3. The molecule has 2 N–H and O–H groups in total. The van der Waals surface area contributed by atoms with Gasteiger partial charge in [-0.05, 0) is 30.2 Å². The summed E-state index contributed by atoms with van der Waals surface area (Å²) in [5, 5.41) is 11.8. The number of benzene rings is 2. The zero-order valence-corrected chi connectivity index (χ0v) is 10.8. The van der Waals surface area contributed by atoms with Crippen LogP contribution in [0.2, 0.25) is 0 Å². The summed E-state index contributed by atoms with van der Waals surface area (Å²) in [7, 11) is 0. The number of amides is 1. The highest BCUT2D eigenvalue weighted by Gasteiger charge is 2.06. The summed E-state index contributed by atoms with van der Waals surface area (Å²) in [4.78, 5) is 11.8. The van der Waals surface area contributed by atoms with Crippen LogP contribution in [0.25, 0.3) is 11.1 Å². The second-order valence-electron chi connectivity index (χ2n) is 4.50. The average Bonchev–Trinajstić information content (AvgIpc) is 2.46. The largest absolute Gasteiger partial charge is 0.392 e. The van der Waals surface area contributed by atoms with Gasteiger partial charge in [-0.3, -0.25) is 4.79 Å². The Hall–Kier alpha value is -2.13. The van der Waals surface area contributed by atoms with Crippen LogP contribution >= 0.6 is 0 Å². The molecule has 3 heteroatoms. The Morgan fingerprint density at radius 1 is 1.05 bits per heavy atom. The second-order valence-corrected chi connectivity index (χ2v) is 4.50. The SMILES string of the molecule is CC(O)CNC(=O)c1ccc(-c2ccccc2)cc1. The highest BCUT2D eigenvalue weighted by atomic mass is 16.3. The van der Waals surface area contributed by atoms with Crippen LogP contribution in [0, 0.1) is 0 Å². The number of carbonyl (C=O) groups is 1. The van der Waals surface area contributed by atoms with Crippen LogP contribution < -0.4 is 5.32 Å². The molecule has 0 aromatic heterocycles. The Morgan fingerprint density at radius 2 is 1.63 bits per heavy atom. The molecule has 0 saturated heterocycles. The first-order valence-electron chi connectivity index (χ1n) is 6.28. The van der Waals surface area contributed by atoms with Gasteiger partial charge in [-0.2, -0.15) is 0 Å². The highest BCUT2D eigenvalue weighted by Crippen LogP contribution is 2.19. The lowest BCUT2D eigenvalue weighted by atomic mass is 10.0. The van der Waals surface area contributed by atoms with Crippen molar-refractivity contribution >= 4 is 5.91 Å². The molecule has 2 aromatic rings. The van der Waals surface area contributed by atoms with Gasteiger partial charge in [0.05, 0.1) is 6.10 Å². The van der Waals surface area contributed by atoms with Crippen molar-refractivity contribution in [1.29, 1.82) is 0 Å². The molecule has 0 aliphatic rings. The van der Waals surface area contributed by atoms with Crippen LogP contribution in [0.5, 0.6) is 0 Å². The van der Waals surface area contributed by atoms with E-state index < -0.39 is 6.10 Å². The minimum absolute atomic E-state index is 0.166. The van der Waals surface area contributed by atoms with Crippen LogP contribution in [0.4, 0.5) is 0 Å². The molecule has 0 aliphatic heterocycles. The summed E-state index contributed by atoms with van der Waals surface area (Å²) >= 11 is 0. The molecular formula is C16H17NO2. The van der Waals surface area contributed by atoms with Crippen LogP contribution in [-0.2, 0) is 0 Å². The van der Waals surface area contributed by atoms with Crippen molar-refractivity contribution in [3.8, 4) is 11.1 Å². The van der Waals surface area contributed by atoms with E-state index in [1.54, 1.807) is 19.1 Å². The van der Waals surface area contributed by atoms with Gasteiger partial charge in [0.15, 0.2) is 0 Å². The molecule has 3 nitrogen and oxygen atoms in total. The van der Waals surface area contributed by atoms with Gasteiger partial charge >= 0.3 is 0 Å². The van der Waals surface area contributed by atoms with Crippen molar-refractivity contribution < 1.29 is 9.90 Å². The predicted octanol–water partition coefficient (Wildman–Crippen LogP) is 2.46. The summed E-state index contributed by atoms with van der Waals surface area (Å²) in [5.74, 6) is -0.166. The average molecular weight is 255 g/mol. The van der Waals surface area contributed by atoms with Crippen molar-refractivity contribution in [2.45, 2.75) is 13.0 Å².